The summed E-state index contributed by atoms with van der Waals surface area (Å²) in [7, 11) is 2.21. The molecule has 1 unspecified atom stereocenters. The first-order valence-electron chi connectivity index (χ1n) is 6.45. The monoisotopic (exact) mass is 258 g/mol. The zero-order valence-corrected chi connectivity index (χ0v) is 11.7. The molecule has 1 aliphatic rings. The van der Waals surface area contributed by atoms with Crippen LogP contribution in [-0.2, 0) is 0 Å². The summed E-state index contributed by atoms with van der Waals surface area (Å²) in [5, 5.41) is 2.20. The Morgan fingerprint density at radius 3 is 2.89 bits per heavy atom. The van der Waals surface area contributed by atoms with Crippen molar-refractivity contribution in [3.8, 4) is 10.4 Å². The molecular weight excluding hydrogens is 240 g/mol. The first-order chi connectivity index (χ1) is 8.74. The molecule has 0 bridgehead atoms. The third-order valence-electron chi connectivity index (χ3n) is 3.68. The van der Waals surface area contributed by atoms with E-state index in [1.54, 1.807) is 11.3 Å². The largest absolute Gasteiger partial charge is 0.299 e. The first kappa shape index (κ1) is 11.9. The number of likely N-dealkylation sites (tertiary alicyclic amines) is 1. The summed E-state index contributed by atoms with van der Waals surface area (Å²) in [6.07, 6.45) is 6.55. The molecule has 0 spiro atoms. The second-order valence-electron chi connectivity index (χ2n) is 5.13. The fourth-order valence-corrected chi connectivity index (χ4v) is 3.57. The number of aromatic nitrogens is 1. The number of hydrogen-bond donors (Lipinski definition) is 0. The lowest BCUT2D eigenvalue weighted by molar-refractivity contribution is 0.317. The van der Waals surface area contributed by atoms with Crippen molar-refractivity contribution in [2.24, 2.45) is 0 Å². The van der Waals surface area contributed by atoms with Gasteiger partial charge in [0.15, 0.2) is 0 Å². The fourth-order valence-electron chi connectivity index (χ4n) is 2.69. The van der Waals surface area contributed by atoms with Gasteiger partial charge >= 0.3 is 0 Å². The Morgan fingerprint density at radius 1 is 1.33 bits per heavy atom. The molecule has 2 aromatic heterocycles. The Hall–Kier alpha value is -1.19. The SMILES string of the molecule is Cc1csc(-c2cncc(C3CCCN3C)c2)c1. The average Bonchev–Trinajstić information content (AvgIpc) is 2.98. The van der Waals surface area contributed by atoms with Crippen LogP contribution in [0, 0.1) is 6.92 Å². The molecule has 18 heavy (non-hydrogen) atoms. The van der Waals surface area contributed by atoms with Crippen LogP contribution in [-0.4, -0.2) is 23.5 Å². The van der Waals surface area contributed by atoms with Crippen molar-refractivity contribution in [1.82, 2.24) is 9.88 Å². The van der Waals surface area contributed by atoms with Gasteiger partial charge in [-0.2, -0.15) is 0 Å². The zero-order valence-electron chi connectivity index (χ0n) is 10.9. The summed E-state index contributed by atoms with van der Waals surface area (Å²) < 4.78 is 0. The lowest BCUT2D eigenvalue weighted by Crippen LogP contribution is -2.17. The quantitative estimate of drug-likeness (QED) is 0.812. The van der Waals surface area contributed by atoms with Gasteiger partial charge in [-0.25, -0.2) is 0 Å². The molecule has 1 fully saturated rings. The number of hydrogen-bond acceptors (Lipinski definition) is 3. The summed E-state index contributed by atoms with van der Waals surface area (Å²) in [6, 6.07) is 5.10. The van der Waals surface area contributed by atoms with E-state index in [9.17, 15) is 0 Å². The lowest BCUT2D eigenvalue weighted by Gasteiger charge is -2.19. The highest BCUT2D eigenvalue weighted by atomic mass is 32.1. The molecule has 0 aromatic carbocycles. The summed E-state index contributed by atoms with van der Waals surface area (Å²) in [5.41, 5.74) is 3.95. The highest BCUT2D eigenvalue weighted by molar-refractivity contribution is 7.13. The Labute approximate surface area is 112 Å². The molecule has 3 rings (SSSR count). The van der Waals surface area contributed by atoms with E-state index in [0.29, 0.717) is 6.04 Å². The van der Waals surface area contributed by atoms with Crippen molar-refractivity contribution in [3.05, 3.63) is 41.0 Å². The average molecular weight is 258 g/mol. The summed E-state index contributed by atoms with van der Waals surface area (Å²) in [4.78, 5) is 8.18. The minimum atomic E-state index is 0.554. The van der Waals surface area contributed by atoms with Gasteiger partial charge in [-0.15, -0.1) is 11.3 Å². The van der Waals surface area contributed by atoms with Gasteiger partial charge in [-0.1, -0.05) is 0 Å². The third kappa shape index (κ3) is 2.20. The molecular formula is C15H18N2S. The van der Waals surface area contributed by atoms with Gasteiger partial charge in [0.1, 0.15) is 0 Å². The minimum Gasteiger partial charge on any atom is -0.299 e. The Morgan fingerprint density at radius 2 is 2.22 bits per heavy atom. The van der Waals surface area contributed by atoms with Gasteiger partial charge in [-0.05, 0) is 62.0 Å². The Kier molecular flexibility index (Phi) is 3.18. The molecule has 0 N–H and O–H groups in total. The summed E-state index contributed by atoms with van der Waals surface area (Å²) in [5.74, 6) is 0. The standard InChI is InChI=1S/C15H18N2S/c1-11-6-15(18-10-11)13-7-12(8-16-9-13)14-4-3-5-17(14)2/h6-10,14H,3-5H2,1-2H3. The molecule has 0 saturated carbocycles. The van der Waals surface area contributed by atoms with Gasteiger partial charge in [0.25, 0.3) is 0 Å². The van der Waals surface area contributed by atoms with Gasteiger partial charge in [0.2, 0.25) is 0 Å². The topological polar surface area (TPSA) is 16.1 Å². The number of pyridine rings is 1. The van der Waals surface area contributed by atoms with Crippen LogP contribution in [0.2, 0.25) is 0 Å². The second-order valence-corrected chi connectivity index (χ2v) is 6.05. The van der Waals surface area contributed by atoms with Crippen molar-refractivity contribution in [2.45, 2.75) is 25.8 Å². The van der Waals surface area contributed by atoms with Gasteiger partial charge in [0.05, 0.1) is 0 Å². The van der Waals surface area contributed by atoms with Gasteiger partial charge < -0.3 is 0 Å². The maximum Gasteiger partial charge on any atom is 0.0361 e. The molecule has 2 nitrogen and oxygen atoms in total. The van der Waals surface area contributed by atoms with Crippen molar-refractivity contribution in [1.29, 1.82) is 0 Å². The van der Waals surface area contributed by atoms with E-state index in [4.69, 9.17) is 0 Å². The Balaban J connectivity index is 1.94. The van der Waals surface area contributed by atoms with Crippen LogP contribution in [0.1, 0.15) is 30.0 Å². The molecule has 2 aromatic rings. The number of thiophene rings is 1. The van der Waals surface area contributed by atoms with E-state index >= 15 is 0 Å². The predicted molar refractivity (Wildman–Crippen MR) is 76.9 cm³/mol. The maximum atomic E-state index is 4.43. The molecule has 1 aliphatic heterocycles. The van der Waals surface area contributed by atoms with E-state index in [1.807, 2.05) is 12.4 Å². The van der Waals surface area contributed by atoms with Crippen molar-refractivity contribution in [3.63, 3.8) is 0 Å². The second kappa shape index (κ2) is 4.82. The summed E-state index contributed by atoms with van der Waals surface area (Å²) in [6.45, 7) is 3.34. The van der Waals surface area contributed by atoms with E-state index in [0.717, 1.165) is 0 Å². The van der Waals surface area contributed by atoms with Gasteiger partial charge in [-0.3, -0.25) is 9.88 Å². The molecule has 94 valence electrons. The first-order valence-corrected chi connectivity index (χ1v) is 7.33. The zero-order chi connectivity index (χ0) is 12.5. The van der Waals surface area contributed by atoms with E-state index in [1.165, 1.54) is 41.0 Å². The number of rotatable bonds is 2. The Bertz CT molecular complexity index is 547. The molecule has 1 saturated heterocycles. The fraction of sp³-hybridized carbons (Fsp3) is 0.400. The van der Waals surface area contributed by atoms with Crippen LogP contribution in [0.4, 0.5) is 0 Å². The van der Waals surface area contributed by atoms with Crippen molar-refractivity contribution >= 4 is 11.3 Å². The van der Waals surface area contributed by atoms with Gasteiger partial charge in [0, 0.05) is 28.9 Å². The van der Waals surface area contributed by atoms with E-state index < -0.39 is 0 Å². The molecule has 0 amide bonds. The van der Waals surface area contributed by atoms with Crippen LogP contribution in [0.3, 0.4) is 0 Å². The normalized spacial score (nSPS) is 20.4. The third-order valence-corrected chi connectivity index (χ3v) is 4.78. The molecule has 1 atom stereocenters. The molecule has 0 aliphatic carbocycles. The highest BCUT2D eigenvalue weighted by Gasteiger charge is 2.23. The molecule has 3 heteroatoms. The predicted octanol–water partition coefficient (Wildman–Crippen LogP) is 3.89. The van der Waals surface area contributed by atoms with Crippen molar-refractivity contribution < 1.29 is 0 Å². The van der Waals surface area contributed by atoms with E-state index in [2.05, 4.69) is 41.4 Å². The number of nitrogens with zero attached hydrogens (tertiary/aromatic N) is 2. The van der Waals surface area contributed by atoms with Crippen LogP contribution < -0.4 is 0 Å². The van der Waals surface area contributed by atoms with Crippen LogP contribution >= 0.6 is 11.3 Å². The molecule has 3 heterocycles. The highest BCUT2D eigenvalue weighted by Crippen LogP contribution is 2.33. The van der Waals surface area contributed by atoms with Crippen LogP contribution in [0.5, 0.6) is 0 Å². The minimum absolute atomic E-state index is 0.554. The number of aryl methyl sites for hydroxylation is 1. The van der Waals surface area contributed by atoms with E-state index in [-0.39, 0.29) is 0 Å². The van der Waals surface area contributed by atoms with Crippen LogP contribution in [0.15, 0.2) is 29.9 Å². The summed E-state index contributed by atoms with van der Waals surface area (Å²) >= 11 is 1.80. The molecule has 0 radical (unpaired) electrons. The van der Waals surface area contributed by atoms with Crippen LogP contribution in [0.25, 0.3) is 10.4 Å². The smallest absolute Gasteiger partial charge is 0.0361 e. The maximum absolute atomic E-state index is 4.43. The lowest BCUT2D eigenvalue weighted by atomic mass is 10.0. The van der Waals surface area contributed by atoms with Crippen molar-refractivity contribution in [2.75, 3.05) is 13.6 Å².